The first-order chi connectivity index (χ1) is 13.2. The zero-order valence-corrected chi connectivity index (χ0v) is 18.3. The molecule has 1 aromatic heterocycles. The molecule has 2 saturated heterocycles. The lowest BCUT2D eigenvalue weighted by atomic mass is 9.95. The second-order valence-corrected chi connectivity index (χ2v) is 10.3. The van der Waals surface area contributed by atoms with Crippen molar-refractivity contribution in [1.29, 1.82) is 0 Å². The Kier molecular flexibility index (Phi) is 6.78. The number of carbonyl (C=O) groups is 2. The SMILES string of the molecule is CN1C(CCC(=O)NCc2cccs2)CNC(=O)C2C1CCN2CC(C)(C)C. The van der Waals surface area contributed by atoms with Crippen LogP contribution in [0.3, 0.4) is 0 Å². The molecule has 7 heteroatoms. The molecule has 2 aliphatic heterocycles. The normalized spacial score (nSPS) is 26.6. The Morgan fingerprint density at radius 3 is 2.86 bits per heavy atom. The topological polar surface area (TPSA) is 64.7 Å². The summed E-state index contributed by atoms with van der Waals surface area (Å²) in [6.07, 6.45) is 2.25. The Balaban J connectivity index is 1.54. The molecule has 2 amide bonds. The van der Waals surface area contributed by atoms with Crippen LogP contribution in [-0.2, 0) is 16.1 Å². The second kappa shape index (κ2) is 8.93. The average molecular weight is 407 g/mol. The molecule has 0 bridgehead atoms. The van der Waals surface area contributed by atoms with E-state index in [0.717, 1.165) is 25.9 Å². The molecular formula is C21H34N4O2S. The van der Waals surface area contributed by atoms with E-state index in [-0.39, 0.29) is 35.4 Å². The summed E-state index contributed by atoms with van der Waals surface area (Å²) in [6.45, 7) is 9.75. The lowest BCUT2D eigenvalue weighted by molar-refractivity contribution is -0.126. The molecule has 0 spiro atoms. The Hall–Kier alpha value is -1.44. The molecule has 1 aromatic rings. The number of nitrogens with one attached hydrogen (secondary N) is 2. The highest BCUT2D eigenvalue weighted by atomic mass is 32.1. The Bertz CT molecular complexity index is 670. The summed E-state index contributed by atoms with van der Waals surface area (Å²) in [5.41, 5.74) is 0.167. The van der Waals surface area contributed by atoms with Crippen molar-refractivity contribution in [2.45, 2.75) is 64.7 Å². The van der Waals surface area contributed by atoms with Crippen molar-refractivity contribution in [2.24, 2.45) is 5.41 Å². The van der Waals surface area contributed by atoms with Gasteiger partial charge in [-0.25, -0.2) is 0 Å². The predicted molar refractivity (Wildman–Crippen MR) is 113 cm³/mol. The molecule has 0 aliphatic carbocycles. The largest absolute Gasteiger partial charge is 0.353 e. The maximum atomic E-state index is 12.8. The summed E-state index contributed by atoms with van der Waals surface area (Å²) in [7, 11) is 2.12. The number of fused-ring (bicyclic) bond motifs is 1. The fourth-order valence-electron chi connectivity index (χ4n) is 4.42. The van der Waals surface area contributed by atoms with Crippen LogP contribution in [0.25, 0.3) is 0 Å². The predicted octanol–water partition coefficient (Wildman–Crippen LogP) is 2.06. The van der Waals surface area contributed by atoms with E-state index in [0.29, 0.717) is 19.5 Å². The smallest absolute Gasteiger partial charge is 0.239 e. The third kappa shape index (κ3) is 5.33. The van der Waals surface area contributed by atoms with Crippen LogP contribution in [0, 0.1) is 5.41 Å². The molecule has 3 atom stereocenters. The molecular weight excluding hydrogens is 372 g/mol. The van der Waals surface area contributed by atoms with Crippen molar-refractivity contribution < 1.29 is 9.59 Å². The van der Waals surface area contributed by atoms with Gasteiger partial charge in [-0.2, -0.15) is 0 Å². The van der Waals surface area contributed by atoms with E-state index in [1.165, 1.54) is 4.88 Å². The summed E-state index contributed by atoms with van der Waals surface area (Å²) in [5, 5.41) is 8.16. The van der Waals surface area contributed by atoms with Crippen molar-refractivity contribution in [3.63, 3.8) is 0 Å². The van der Waals surface area contributed by atoms with E-state index in [4.69, 9.17) is 0 Å². The fraction of sp³-hybridized carbons (Fsp3) is 0.714. The van der Waals surface area contributed by atoms with Gasteiger partial charge in [0, 0.05) is 43.0 Å². The number of amides is 2. The van der Waals surface area contributed by atoms with E-state index < -0.39 is 0 Å². The lowest BCUT2D eigenvalue weighted by Gasteiger charge is -2.34. The van der Waals surface area contributed by atoms with E-state index in [1.807, 2.05) is 17.5 Å². The molecule has 2 N–H and O–H groups in total. The summed E-state index contributed by atoms with van der Waals surface area (Å²) >= 11 is 1.65. The van der Waals surface area contributed by atoms with Crippen molar-refractivity contribution in [1.82, 2.24) is 20.4 Å². The van der Waals surface area contributed by atoms with Crippen LogP contribution >= 0.6 is 11.3 Å². The average Bonchev–Trinajstić information content (AvgIpc) is 3.25. The van der Waals surface area contributed by atoms with Gasteiger partial charge in [0.05, 0.1) is 6.54 Å². The van der Waals surface area contributed by atoms with Crippen molar-refractivity contribution in [3.05, 3.63) is 22.4 Å². The Morgan fingerprint density at radius 2 is 2.18 bits per heavy atom. The van der Waals surface area contributed by atoms with E-state index in [9.17, 15) is 9.59 Å². The van der Waals surface area contributed by atoms with Crippen LogP contribution < -0.4 is 10.6 Å². The zero-order valence-electron chi connectivity index (χ0n) is 17.5. The zero-order chi connectivity index (χ0) is 20.3. The minimum absolute atomic E-state index is 0.0784. The van der Waals surface area contributed by atoms with E-state index in [2.05, 4.69) is 48.3 Å². The molecule has 2 fully saturated rings. The number of hydrogen-bond acceptors (Lipinski definition) is 5. The van der Waals surface area contributed by atoms with Gasteiger partial charge in [0.2, 0.25) is 11.8 Å². The van der Waals surface area contributed by atoms with Gasteiger partial charge in [-0.05, 0) is 36.8 Å². The van der Waals surface area contributed by atoms with Crippen molar-refractivity contribution >= 4 is 23.2 Å². The van der Waals surface area contributed by atoms with Crippen molar-refractivity contribution in [3.8, 4) is 0 Å². The number of likely N-dealkylation sites (N-methyl/N-ethyl adjacent to an activating group) is 1. The highest BCUT2D eigenvalue weighted by Gasteiger charge is 2.45. The summed E-state index contributed by atoms with van der Waals surface area (Å²) in [6, 6.07) is 4.37. The minimum atomic E-state index is -0.0816. The maximum Gasteiger partial charge on any atom is 0.239 e. The molecule has 3 unspecified atom stereocenters. The van der Waals surface area contributed by atoms with Gasteiger partial charge in [-0.15, -0.1) is 11.3 Å². The van der Waals surface area contributed by atoms with Gasteiger partial charge in [0.1, 0.15) is 6.04 Å². The highest BCUT2D eigenvalue weighted by Crippen LogP contribution is 2.30. The standard InChI is InChI=1S/C21H34N4O2S/c1-21(2,3)14-25-10-9-17-19(25)20(27)23-12-15(24(17)4)7-8-18(26)22-13-16-6-5-11-28-16/h5-6,11,15,17,19H,7-10,12-14H2,1-4H3,(H,22,26)(H,23,27). The molecule has 28 heavy (non-hydrogen) atoms. The van der Waals surface area contributed by atoms with Crippen molar-refractivity contribution in [2.75, 3.05) is 26.7 Å². The minimum Gasteiger partial charge on any atom is -0.353 e. The van der Waals surface area contributed by atoms with Gasteiger partial charge in [-0.3, -0.25) is 19.4 Å². The quantitative estimate of drug-likeness (QED) is 0.759. The third-order valence-electron chi connectivity index (χ3n) is 5.77. The van der Waals surface area contributed by atoms with Gasteiger partial charge >= 0.3 is 0 Å². The number of carbonyl (C=O) groups excluding carboxylic acids is 2. The number of likely N-dealkylation sites (tertiary alicyclic amines) is 1. The monoisotopic (exact) mass is 406 g/mol. The number of thiophene rings is 1. The molecule has 0 saturated carbocycles. The second-order valence-electron chi connectivity index (χ2n) is 9.29. The number of nitrogens with zero attached hydrogens (tertiary/aromatic N) is 2. The van der Waals surface area contributed by atoms with Gasteiger partial charge in [-0.1, -0.05) is 26.8 Å². The molecule has 6 nitrogen and oxygen atoms in total. The first kappa shape index (κ1) is 21.3. The van der Waals surface area contributed by atoms with Crippen LogP contribution in [0.1, 0.15) is 44.9 Å². The highest BCUT2D eigenvalue weighted by molar-refractivity contribution is 7.09. The maximum absolute atomic E-state index is 12.8. The van der Waals surface area contributed by atoms with E-state index >= 15 is 0 Å². The van der Waals surface area contributed by atoms with Crippen LogP contribution in [0.4, 0.5) is 0 Å². The Morgan fingerprint density at radius 1 is 1.39 bits per heavy atom. The van der Waals surface area contributed by atoms with Crippen LogP contribution in [0.5, 0.6) is 0 Å². The van der Waals surface area contributed by atoms with Crippen LogP contribution in [0.15, 0.2) is 17.5 Å². The van der Waals surface area contributed by atoms with Gasteiger partial charge < -0.3 is 10.6 Å². The summed E-state index contributed by atoms with van der Waals surface area (Å²) < 4.78 is 0. The summed E-state index contributed by atoms with van der Waals surface area (Å²) in [5.74, 6) is 0.220. The van der Waals surface area contributed by atoms with Gasteiger partial charge in [0.25, 0.3) is 0 Å². The lowest BCUT2D eigenvalue weighted by Crippen LogP contribution is -2.51. The first-order valence-electron chi connectivity index (χ1n) is 10.3. The molecule has 3 heterocycles. The molecule has 0 aromatic carbocycles. The first-order valence-corrected chi connectivity index (χ1v) is 11.2. The fourth-order valence-corrected chi connectivity index (χ4v) is 5.06. The molecule has 3 rings (SSSR count). The number of hydrogen-bond donors (Lipinski definition) is 2. The van der Waals surface area contributed by atoms with Crippen LogP contribution in [-0.4, -0.2) is 66.4 Å². The number of rotatable bonds is 6. The molecule has 2 aliphatic rings. The van der Waals surface area contributed by atoms with E-state index in [1.54, 1.807) is 11.3 Å². The van der Waals surface area contributed by atoms with Crippen LogP contribution in [0.2, 0.25) is 0 Å². The molecule has 156 valence electrons. The Labute approximate surface area is 172 Å². The summed E-state index contributed by atoms with van der Waals surface area (Å²) in [4.78, 5) is 30.9. The third-order valence-corrected chi connectivity index (χ3v) is 6.65. The molecule has 0 radical (unpaired) electrons. The van der Waals surface area contributed by atoms with Gasteiger partial charge in [0.15, 0.2) is 0 Å².